The summed E-state index contributed by atoms with van der Waals surface area (Å²) >= 11 is 0. The number of nitrogens with zero attached hydrogens (tertiary/aromatic N) is 2. The van der Waals surface area contributed by atoms with Crippen LogP contribution >= 0.6 is 0 Å². The van der Waals surface area contributed by atoms with Gasteiger partial charge in [-0.1, -0.05) is 0 Å². The Morgan fingerprint density at radius 3 is 2.95 bits per heavy atom. The van der Waals surface area contributed by atoms with Gasteiger partial charge in [-0.15, -0.1) is 0 Å². The molecule has 5 heteroatoms. The maximum absolute atomic E-state index is 10.9. The number of aromatic carboxylic acids is 1. The molecule has 1 unspecified atom stereocenters. The van der Waals surface area contributed by atoms with Crippen LogP contribution in [0.25, 0.3) is 0 Å². The summed E-state index contributed by atoms with van der Waals surface area (Å²) in [5.74, 6) is -0.0904. The molecule has 1 saturated heterocycles. The van der Waals surface area contributed by atoms with E-state index in [1.807, 2.05) is 6.92 Å². The maximum atomic E-state index is 10.9. The minimum Gasteiger partial charge on any atom is -0.478 e. The predicted octanol–water partition coefficient (Wildman–Crippen LogP) is 2.09. The van der Waals surface area contributed by atoms with Crippen molar-refractivity contribution >= 4 is 11.8 Å². The Labute approximate surface area is 113 Å². The molecule has 1 aromatic heterocycles. The average Bonchev–Trinajstić information content (AvgIpc) is 2.89. The normalized spacial score (nSPS) is 18.5. The quantitative estimate of drug-likeness (QED) is 0.882. The van der Waals surface area contributed by atoms with Crippen molar-refractivity contribution in [1.82, 2.24) is 4.98 Å². The molecule has 2 heterocycles. The summed E-state index contributed by atoms with van der Waals surface area (Å²) in [5, 5.41) is 8.95. The van der Waals surface area contributed by atoms with E-state index in [0.29, 0.717) is 0 Å². The van der Waals surface area contributed by atoms with Crippen molar-refractivity contribution in [3.63, 3.8) is 0 Å². The van der Waals surface area contributed by atoms with Gasteiger partial charge < -0.3 is 14.7 Å². The molecule has 0 radical (unpaired) electrons. The molecule has 0 amide bonds. The van der Waals surface area contributed by atoms with Gasteiger partial charge in [-0.25, -0.2) is 9.78 Å². The number of carboxylic acid groups (broad SMARTS) is 1. The first-order valence-corrected chi connectivity index (χ1v) is 6.68. The van der Waals surface area contributed by atoms with Gasteiger partial charge in [-0.3, -0.25) is 0 Å². The average molecular weight is 264 g/mol. The van der Waals surface area contributed by atoms with Crippen molar-refractivity contribution in [1.29, 1.82) is 0 Å². The van der Waals surface area contributed by atoms with E-state index in [1.165, 1.54) is 6.20 Å². The molecule has 1 fully saturated rings. The zero-order valence-corrected chi connectivity index (χ0v) is 11.4. The molecule has 104 valence electrons. The van der Waals surface area contributed by atoms with E-state index in [0.717, 1.165) is 43.9 Å². The smallest absolute Gasteiger partial charge is 0.337 e. The van der Waals surface area contributed by atoms with E-state index in [1.54, 1.807) is 6.07 Å². The number of anilines is 1. The van der Waals surface area contributed by atoms with Gasteiger partial charge in [0.1, 0.15) is 5.82 Å². The molecule has 2 rings (SSSR count). The van der Waals surface area contributed by atoms with Crippen LogP contribution in [0.5, 0.6) is 0 Å². The second-order valence-corrected chi connectivity index (χ2v) is 4.84. The molecule has 1 aliphatic rings. The standard InChI is InChI=1S/C14H20N2O3/c1-3-16(9-12-5-4-6-19-12)13-10(2)7-11(8-15-13)14(17)18/h7-8,12H,3-6,9H2,1-2H3,(H,17,18). The molecule has 1 aromatic rings. The fourth-order valence-corrected chi connectivity index (χ4v) is 2.42. The van der Waals surface area contributed by atoms with Crippen LogP contribution in [0.2, 0.25) is 0 Å². The van der Waals surface area contributed by atoms with Gasteiger partial charge in [0.15, 0.2) is 0 Å². The van der Waals surface area contributed by atoms with Gasteiger partial charge >= 0.3 is 5.97 Å². The lowest BCUT2D eigenvalue weighted by atomic mass is 10.1. The third-order valence-corrected chi connectivity index (χ3v) is 3.43. The summed E-state index contributed by atoms with van der Waals surface area (Å²) in [7, 11) is 0. The SMILES string of the molecule is CCN(CC1CCCO1)c1ncc(C(=O)O)cc1C. The number of rotatable bonds is 5. The summed E-state index contributed by atoms with van der Waals surface area (Å²) in [5.41, 5.74) is 1.12. The number of hydrogen-bond donors (Lipinski definition) is 1. The molecule has 0 aromatic carbocycles. The zero-order chi connectivity index (χ0) is 13.8. The van der Waals surface area contributed by atoms with Crippen LogP contribution in [0.1, 0.15) is 35.7 Å². The number of aryl methyl sites for hydroxylation is 1. The van der Waals surface area contributed by atoms with E-state index in [9.17, 15) is 4.79 Å². The Morgan fingerprint density at radius 2 is 2.42 bits per heavy atom. The minimum absolute atomic E-state index is 0.231. The van der Waals surface area contributed by atoms with Crippen molar-refractivity contribution in [2.45, 2.75) is 32.8 Å². The van der Waals surface area contributed by atoms with Crippen LogP contribution in [0, 0.1) is 6.92 Å². The highest BCUT2D eigenvalue weighted by Gasteiger charge is 2.20. The summed E-state index contributed by atoms with van der Waals surface area (Å²) < 4.78 is 5.65. The Balaban J connectivity index is 2.15. The van der Waals surface area contributed by atoms with Crippen LogP contribution < -0.4 is 4.90 Å². The first-order valence-electron chi connectivity index (χ1n) is 6.68. The van der Waals surface area contributed by atoms with Crippen molar-refractivity contribution in [2.75, 3.05) is 24.6 Å². The number of aromatic nitrogens is 1. The van der Waals surface area contributed by atoms with Crippen LogP contribution in [-0.4, -0.2) is 41.9 Å². The van der Waals surface area contributed by atoms with E-state index in [-0.39, 0.29) is 11.7 Å². The third kappa shape index (κ3) is 3.23. The monoisotopic (exact) mass is 264 g/mol. The lowest BCUT2D eigenvalue weighted by molar-refractivity contribution is 0.0696. The largest absolute Gasteiger partial charge is 0.478 e. The Morgan fingerprint density at radius 1 is 1.63 bits per heavy atom. The van der Waals surface area contributed by atoms with Crippen LogP contribution in [0.15, 0.2) is 12.3 Å². The molecule has 0 aliphatic carbocycles. The van der Waals surface area contributed by atoms with Crippen LogP contribution in [0.4, 0.5) is 5.82 Å². The molecule has 0 saturated carbocycles. The Bertz CT molecular complexity index is 456. The van der Waals surface area contributed by atoms with E-state index in [2.05, 4.69) is 16.8 Å². The lowest BCUT2D eigenvalue weighted by Crippen LogP contribution is -2.33. The van der Waals surface area contributed by atoms with Gasteiger partial charge in [0.05, 0.1) is 11.7 Å². The third-order valence-electron chi connectivity index (χ3n) is 3.43. The van der Waals surface area contributed by atoms with Crippen molar-refractivity contribution in [2.24, 2.45) is 0 Å². The number of pyridine rings is 1. The van der Waals surface area contributed by atoms with E-state index >= 15 is 0 Å². The van der Waals surface area contributed by atoms with Gasteiger partial charge in [-0.2, -0.15) is 0 Å². The topological polar surface area (TPSA) is 62.7 Å². The molecule has 1 atom stereocenters. The van der Waals surface area contributed by atoms with Crippen molar-refractivity contribution in [3.05, 3.63) is 23.4 Å². The summed E-state index contributed by atoms with van der Waals surface area (Å²) in [6.07, 6.45) is 3.89. The highest BCUT2D eigenvalue weighted by molar-refractivity contribution is 5.87. The van der Waals surface area contributed by atoms with Gasteiger partial charge in [0, 0.05) is 25.9 Å². The number of likely N-dealkylation sites (N-methyl/N-ethyl adjacent to an activating group) is 1. The van der Waals surface area contributed by atoms with E-state index < -0.39 is 5.97 Å². The lowest BCUT2D eigenvalue weighted by Gasteiger charge is -2.26. The molecule has 19 heavy (non-hydrogen) atoms. The summed E-state index contributed by atoms with van der Waals surface area (Å²) in [6.45, 7) is 6.46. The number of carbonyl (C=O) groups is 1. The molecule has 1 aliphatic heterocycles. The van der Waals surface area contributed by atoms with E-state index in [4.69, 9.17) is 9.84 Å². The van der Waals surface area contributed by atoms with Gasteiger partial charge in [0.25, 0.3) is 0 Å². The fourth-order valence-electron chi connectivity index (χ4n) is 2.42. The highest BCUT2D eigenvalue weighted by Crippen LogP contribution is 2.21. The first-order chi connectivity index (χ1) is 9.11. The Kier molecular flexibility index (Phi) is 4.37. The van der Waals surface area contributed by atoms with Gasteiger partial charge in [0.2, 0.25) is 0 Å². The molecule has 0 bridgehead atoms. The maximum Gasteiger partial charge on any atom is 0.337 e. The molecular weight excluding hydrogens is 244 g/mol. The minimum atomic E-state index is -0.940. The summed E-state index contributed by atoms with van der Waals surface area (Å²) in [6, 6.07) is 1.67. The second kappa shape index (κ2) is 6.02. The van der Waals surface area contributed by atoms with Crippen LogP contribution in [-0.2, 0) is 4.74 Å². The molecule has 0 spiro atoms. The predicted molar refractivity (Wildman–Crippen MR) is 72.8 cm³/mol. The molecule has 1 N–H and O–H groups in total. The number of hydrogen-bond acceptors (Lipinski definition) is 4. The van der Waals surface area contributed by atoms with Crippen LogP contribution in [0.3, 0.4) is 0 Å². The first kappa shape index (κ1) is 13.8. The number of carboxylic acids is 1. The molecule has 5 nitrogen and oxygen atoms in total. The fraction of sp³-hybridized carbons (Fsp3) is 0.571. The zero-order valence-electron chi connectivity index (χ0n) is 11.4. The second-order valence-electron chi connectivity index (χ2n) is 4.84. The number of ether oxygens (including phenoxy) is 1. The summed E-state index contributed by atoms with van der Waals surface area (Å²) in [4.78, 5) is 17.4. The van der Waals surface area contributed by atoms with Crippen molar-refractivity contribution in [3.8, 4) is 0 Å². The molecular formula is C14H20N2O3. The van der Waals surface area contributed by atoms with Gasteiger partial charge in [-0.05, 0) is 38.3 Å². The van der Waals surface area contributed by atoms with Crippen molar-refractivity contribution < 1.29 is 14.6 Å². The Hall–Kier alpha value is -1.62. The highest BCUT2D eigenvalue weighted by atomic mass is 16.5.